The second-order valence-corrected chi connectivity index (χ2v) is 23.8. The molecule has 5 amide bonds. The Bertz CT molecular complexity index is 2990. The van der Waals surface area contributed by atoms with Crippen LogP contribution in [-0.4, -0.2) is 251 Å². The van der Waals surface area contributed by atoms with Gasteiger partial charge in [0.05, 0.1) is 117 Å². The van der Waals surface area contributed by atoms with Gasteiger partial charge >= 0.3 is 11.9 Å². The highest BCUT2D eigenvalue weighted by molar-refractivity contribution is 8.76. The molecule has 3 rings (SSSR count). The molecule has 534 valence electrons. The molecular weight excluding hydrogens is 1310 g/mol. The van der Waals surface area contributed by atoms with E-state index in [0.717, 1.165) is 10.8 Å². The standard InChI is InChI=1S/C60H89N11O23S2/c1-38(29-44(73)9-10-45(59(84)85)67-56(80)40-5-7-42(8-6-40)62-32-43-33-65-53-52(66-43)57(81)71-60(61)70-53)54(78)68-46(34-63-50(76)11-13-88-19-21-92-25-23-90-17-15-86-3)48(74)30-39(2)55(79)69-47(49(75)31-41(58(82)83)36-96-95-28-27-94-37-72)35-64-51(77)12-14-89-20-22-93-26-24-91-18-16-87-4/h5-8,33,37-39,41,45-47,62H,9-32,34-36H2,1-4H3,(H,63,76)(H,64,77)(H,67,80)(H,68,78)(H,69,79)(H,82,83)(H,84,85)(H3,61,65,70,71,81)/t38-,39-,41?,45?,46+,47+/m1/s1. The summed E-state index contributed by atoms with van der Waals surface area (Å²) < 4.78 is 47.0. The number of Topliss-reactive ketones (excluding diaryl/α,β-unsaturated/α-hetero) is 3. The lowest BCUT2D eigenvalue weighted by Crippen LogP contribution is -2.52. The number of nitrogens with zero attached hydrogens (tertiary/aromatic N) is 3. The van der Waals surface area contributed by atoms with Crippen LogP contribution in [0.5, 0.6) is 0 Å². The smallest absolute Gasteiger partial charge is 0.326 e. The predicted octanol–water partition coefficient (Wildman–Crippen LogP) is -0.350. The first kappa shape index (κ1) is 82.4. The Hall–Kier alpha value is -7.81. The number of ether oxygens (including phenoxy) is 9. The summed E-state index contributed by atoms with van der Waals surface area (Å²) in [5, 5.41) is 35.7. The lowest BCUT2D eigenvalue weighted by Gasteiger charge is -2.24. The Morgan fingerprint density at radius 3 is 1.64 bits per heavy atom. The van der Waals surface area contributed by atoms with E-state index >= 15 is 0 Å². The summed E-state index contributed by atoms with van der Waals surface area (Å²) in [6.07, 6.45) is -1.32. The number of carboxylic acids is 2. The topological polar surface area (TPSA) is 481 Å². The number of nitrogen functional groups attached to an aromatic ring is 1. The minimum atomic E-state index is -1.53. The number of hydrogen-bond donors (Lipinski definition) is 10. The average Bonchev–Trinajstić information content (AvgIpc) is 0.832. The monoisotopic (exact) mass is 1400 g/mol. The van der Waals surface area contributed by atoms with Crippen molar-refractivity contribution in [2.75, 3.05) is 149 Å². The molecule has 0 fully saturated rings. The molecule has 0 aliphatic rings. The van der Waals surface area contributed by atoms with Crippen LogP contribution in [0.25, 0.3) is 11.2 Å². The fraction of sp³-hybridized carbons (Fsp3) is 0.617. The van der Waals surface area contributed by atoms with Crippen molar-refractivity contribution in [3.63, 3.8) is 0 Å². The normalized spacial score (nSPS) is 13.0. The molecule has 34 nitrogen and oxygen atoms in total. The van der Waals surface area contributed by atoms with Crippen molar-refractivity contribution >= 4 is 110 Å². The van der Waals surface area contributed by atoms with Gasteiger partial charge in [0.1, 0.15) is 30.5 Å². The number of methoxy groups -OCH3 is 2. The maximum absolute atomic E-state index is 14.2. The van der Waals surface area contributed by atoms with E-state index in [1.807, 2.05) is 0 Å². The van der Waals surface area contributed by atoms with Gasteiger partial charge in [-0.25, -0.2) is 14.8 Å². The number of anilines is 2. The molecule has 0 aliphatic carbocycles. The molecule has 0 aliphatic heterocycles. The number of nitrogens with two attached hydrogens (primary N) is 1. The van der Waals surface area contributed by atoms with Crippen LogP contribution in [0.4, 0.5) is 11.6 Å². The van der Waals surface area contributed by atoms with Gasteiger partial charge in [-0.05, 0) is 30.7 Å². The Labute approximate surface area is 561 Å². The van der Waals surface area contributed by atoms with Gasteiger partial charge in [0, 0.05) is 100 Å². The van der Waals surface area contributed by atoms with Crippen LogP contribution < -0.4 is 43.2 Å². The first-order valence-electron chi connectivity index (χ1n) is 30.7. The van der Waals surface area contributed by atoms with Crippen LogP contribution in [0.1, 0.15) is 74.8 Å². The lowest BCUT2D eigenvalue weighted by atomic mass is 9.95. The fourth-order valence-corrected chi connectivity index (χ4v) is 10.4. The maximum Gasteiger partial charge on any atom is 0.326 e. The van der Waals surface area contributed by atoms with E-state index in [9.17, 15) is 67.7 Å². The summed E-state index contributed by atoms with van der Waals surface area (Å²) in [5.41, 5.74) is 6.07. The Balaban J connectivity index is 1.67. The quantitative estimate of drug-likeness (QED) is 0.0196. The molecule has 0 saturated carbocycles. The molecule has 1 aromatic carbocycles. The second-order valence-electron chi connectivity index (χ2n) is 21.2. The highest BCUT2D eigenvalue weighted by Gasteiger charge is 2.32. The minimum Gasteiger partial charge on any atom is -0.481 e. The van der Waals surface area contributed by atoms with Gasteiger partial charge in [0.2, 0.25) is 29.6 Å². The number of aliphatic carboxylic acids is 2. The predicted molar refractivity (Wildman–Crippen MR) is 347 cm³/mol. The van der Waals surface area contributed by atoms with Gasteiger partial charge in [-0.2, -0.15) is 4.98 Å². The Morgan fingerprint density at radius 2 is 1.12 bits per heavy atom. The third-order valence-electron chi connectivity index (χ3n) is 13.6. The van der Waals surface area contributed by atoms with Crippen LogP contribution in [0.3, 0.4) is 0 Å². The number of amides is 5. The molecule has 0 spiro atoms. The first-order valence-corrected chi connectivity index (χ1v) is 33.2. The minimum absolute atomic E-state index is 0.0123. The van der Waals surface area contributed by atoms with Crippen molar-refractivity contribution in [3.8, 4) is 0 Å². The van der Waals surface area contributed by atoms with Crippen molar-refractivity contribution in [2.24, 2.45) is 17.8 Å². The maximum atomic E-state index is 14.2. The molecule has 0 saturated heterocycles. The molecule has 0 radical (unpaired) electrons. The number of carbonyl (C=O) groups is 11. The molecular formula is C60H89N11O23S2. The molecule has 36 heteroatoms. The highest BCUT2D eigenvalue weighted by Crippen LogP contribution is 2.26. The third-order valence-corrected chi connectivity index (χ3v) is 16.0. The number of aromatic nitrogens is 4. The Kier molecular flexibility index (Phi) is 41.9. The molecule has 2 heterocycles. The molecule has 2 aromatic heterocycles. The molecule has 3 aromatic rings. The number of fused-ring (bicyclic) bond motifs is 1. The van der Waals surface area contributed by atoms with Crippen molar-refractivity contribution in [1.82, 2.24) is 46.5 Å². The SMILES string of the molecule is COCCOCCOCCOCCC(=O)NC[C@H](NC(=O)[C@H](C)CC(=O)CCC(NC(=O)c1ccc(NCc2cnc3nc(N)[nH]c(=O)c3n2)cc1)C(=O)O)C(=O)C[C@@H](C)C(=O)N[C@@H](CNC(=O)CCOCCOCCOCCOC)C(=O)CC(CSSCCOC=O)C(=O)O. The van der Waals surface area contributed by atoms with Gasteiger partial charge in [-0.1, -0.05) is 35.4 Å². The summed E-state index contributed by atoms with van der Waals surface area (Å²) in [5.74, 6) is -12.0. The largest absolute Gasteiger partial charge is 0.481 e. The zero-order valence-electron chi connectivity index (χ0n) is 54.2. The summed E-state index contributed by atoms with van der Waals surface area (Å²) in [7, 11) is 5.43. The summed E-state index contributed by atoms with van der Waals surface area (Å²) in [6, 6.07) is 1.43. The highest BCUT2D eigenvalue weighted by atomic mass is 33.1. The number of benzene rings is 1. The molecule has 11 N–H and O–H groups in total. The average molecular weight is 1400 g/mol. The van der Waals surface area contributed by atoms with Gasteiger partial charge in [0.25, 0.3) is 17.9 Å². The summed E-state index contributed by atoms with van der Waals surface area (Å²) >= 11 is 0. The number of H-pyrrole nitrogens is 1. The van der Waals surface area contributed by atoms with Gasteiger partial charge in [0.15, 0.2) is 22.7 Å². The number of rotatable bonds is 57. The van der Waals surface area contributed by atoms with Crippen LogP contribution >= 0.6 is 21.6 Å². The number of ketones is 3. The molecule has 96 heavy (non-hydrogen) atoms. The van der Waals surface area contributed by atoms with E-state index in [1.54, 1.807) is 26.4 Å². The number of aromatic amines is 1. The van der Waals surface area contributed by atoms with Gasteiger partial charge in [-0.3, -0.25) is 57.7 Å². The van der Waals surface area contributed by atoms with E-state index < -0.39 is 139 Å². The van der Waals surface area contributed by atoms with E-state index in [-0.39, 0.29) is 107 Å². The Morgan fingerprint density at radius 1 is 0.615 bits per heavy atom. The fourth-order valence-electron chi connectivity index (χ4n) is 8.21. The van der Waals surface area contributed by atoms with E-state index in [1.165, 1.54) is 43.0 Å². The van der Waals surface area contributed by atoms with Crippen LogP contribution in [0.2, 0.25) is 0 Å². The van der Waals surface area contributed by atoms with Crippen LogP contribution in [-0.2, 0) is 97.1 Å². The number of carbonyl (C=O) groups excluding carboxylic acids is 9. The van der Waals surface area contributed by atoms with Gasteiger partial charge in [-0.15, -0.1) is 0 Å². The van der Waals surface area contributed by atoms with E-state index in [0.29, 0.717) is 70.0 Å². The van der Waals surface area contributed by atoms with Crippen molar-refractivity contribution in [3.05, 3.63) is 52.1 Å². The van der Waals surface area contributed by atoms with Crippen molar-refractivity contribution in [1.29, 1.82) is 0 Å². The molecule has 6 atom stereocenters. The van der Waals surface area contributed by atoms with Gasteiger partial charge < -0.3 is 90.5 Å². The lowest BCUT2D eigenvalue weighted by molar-refractivity contribution is -0.143. The molecule has 2 unspecified atom stereocenters. The van der Waals surface area contributed by atoms with Crippen LogP contribution in [0, 0.1) is 17.8 Å². The zero-order valence-corrected chi connectivity index (χ0v) is 55.9. The second kappa shape index (κ2) is 48.8. The molecule has 0 bridgehead atoms. The summed E-state index contributed by atoms with van der Waals surface area (Å²) in [4.78, 5) is 170. The van der Waals surface area contributed by atoms with E-state index in [2.05, 4.69) is 56.6 Å². The van der Waals surface area contributed by atoms with Crippen molar-refractivity contribution < 1.29 is 106 Å². The van der Waals surface area contributed by atoms with E-state index in [4.69, 9.17) is 43.6 Å². The number of hydrogen-bond acceptors (Lipinski definition) is 28. The van der Waals surface area contributed by atoms with Crippen molar-refractivity contribution in [2.45, 2.75) is 83.5 Å². The number of nitrogens with one attached hydrogen (secondary N) is 7. The zero-order chi connectivity index (χ0) is 70.5. The first-order chi connectivity index (χ1) is 46.1. The number of carboxylic acid groups (broad SMARTS) is 2. The van der Waals surface area contributed by atoms with Crippen LogP contribution in [0.15, 0.2) is 35.3 Å². The summed E-state index contributed by atoms with van der Waals surface area (Å²) in [6.45, 7) is 5.82. The third kappa shape index (κ3) is 35.3.